The van der Waals surface area contributed by atoms with Gasteiger partial charge in [-0.25, -0.2) is 4.98 Å². The van der Waals surface area contributed by atoms with Gasteiger partial charge in [0.05, 0.1) is 10.7 Å². The summed E-state index contributed by atoms with van der Waals surface area (Å²) in [5.41, 5.74) is 1.22. The molecule has 3 nitrogen and oxygen atoms in total. The van der Waals surface area contributed by atoms with Crippen molar-refractivity contribution in [3.63, 3.8) is 0 Å². The molecule has 0 radical (unpaired) electrons. The van der Waals surface area contributed by atoms with Gasteiger partial charge in [-0.05, 0) is 45.7 Å². The van der Waals surface area contributed by atoms with Crippen LogP contribution >= 0.6 is 11.3 Å². The van der Waals surface area contributed by atoms with Crippen LogP contribution in [-0.4, -0.2) is 36.1 Å². The first-order chi connectivity index (χ1) is 9.19. The molecule has 4 heteroatoms. The molecule has 1 aliphatic carbocycles. The van der Waals surface area contributed by atoms with Crippen LogP contribution < -0.4 is 5.32 Å². The summed E-state index contributed by atoms with van der Waals surface area (Å²) < 4.78 is 0. The lowest BCUT2D eigenvalue weighted by molar-refractivity contribution is 0.243. The molecule has 1 fully saturated rings. The number of aromatic nitrogens is 1. The Kier molecular flexibility index (Phi) is 5.79. The van der Waals surface area contributed by atoms with Gasteiger partial charge < -0.3 is 10.2 Å². The van der Waals surface area contributed by atoms with E-state index in [4.69, 9.17) is 0 Å². The Bertz CT molecular complexity index is 377. The third-order valence-electron chi connectivity index (χ3n) is 3.96. The molecular weight excluding hydrogens is 254 g/mol. The molecule has 0 spiro atoms. The van der Waals surface area contributed by atoms with Crippen molar-refractivity contribution in [2.75, 3.05) is 20.1 Å². The molecule has 1 N–H and O–H groups in total. The molecule has 0 bridgehead atoms. The SMILES string of the molecule is CCCNC1CCCC1CN(C)Cc1csc(C)n1. The van der Waals surface area contributed by atoms with E-state index in [1.165, 1.54) is 42.9 Å². The molecule has 1 aromatic rings. The minimum atomic E-state index is 0.736. The Balaban J connectivity index is 1.79. The molecule has 0 amide bonds. The lowest BCUT2D eigenvalue weighted by Crippen LogP contribution is -2.38. The highest BCUT2D eigenvalue weighted by atomic mass is 32.1. The Morgan fingerprint density at radius 1 is 1.47 bits per heavy atom. The van der Waals surface area contributed by atoms with Crippen LogP contribution in [0.15, 0.2) is 5.38 Å². The van der Waals surface area contributed by atoms with Crippen LogP contribution in [0.2, 0.25) is 0 Å². The van der Waals surface area contributed by atoms with Crippen molar-refractivity contribution in [1.82, 2.24) is 15.2 Å². The maximum atomic E-state index is 4.56. The van der Waals surface area contributed by atoms with E-state index in [-0.39, 0.29) is 0 Å². The summed E-state index contributed by atoms with van der Waals surface area (Å²) in [6.07, 6.45) is 5.35. The molecule has 2 rings (SSSR count). The van der Waals surface area contributed by atoms with Crippen LogP contribution in [0.5, 0.6) is 0 Å². The van der Waals surface area contributed by atoms with Gasteiger partial charge >= 0.3 is 0 Å². The van der Waals surface area contributed by atoms with Crippen molar-refractivity contribution in [1.29, 1.82) is 0 Å². The summed E-state index contributed by atoms with van der Waals surface area (Å²) >= 11 is 1.75. The molecule has 0 aliphatic heterocycles. The van der Waals surface area contributed by atoms with E-state index in [1.807, 2.05) is 0 Å². The van der Waals surface area contributed by atoms with Gasteiger partial charge in [-0.3, -0.25) is 0 Å². The van der Waals surface area contributed by atoms with Crippen LogP contribution in [-0.2, 0) is 6.54 Å². The van der Waals surface area contributed by atoms with Crippen LogP contribution in [0.1, 0.15) is 43.3 Å². The number of aryl methyl sites for hydroxylation is 1. The van der Waals surface area contributed by atoms with Crippen molar-refractivity contribution in [2.24, 2.45) is 5.92 Å². The molecule has 1 aromatic heterocycles. The lowest BCUT2D eigenvalue weighted by Gasteiger charge is -2.25. The van der Waals surface area contributed by atoms with E-state index >= 15 is 0 Å². The minimum absolute atomic E-state index is 0.736. The van der Waals surface area contributed by atoms with E-state index < -0.39 is 0 Å². The van der Waals surface area contributed by atoms with Gasteiger partial charge in [0, 0.05) is 24.5 Å². The summed E-state index contributed by atoms with van der Waals surface area (Å²) in [4.78, 5) is 6.99. The highest BCUT2D eigenvalue weighted by Gasteiger charge is 2.27. The van der Waals surface area contributed by atoms with Gasteiger partial charge in [-0.15, -0.1) is 11.3 Å². The third-order valence-corrected chi connectivity index (χ3v) is 4.78. The number of thiazole rings is 1. The van der Waals surface area contributed by atoms with E-state index in [9.17, 15) is 0 Å². The van der Waals surface area contributed by atoms with Crippen molar-refractivity contribution in [3.05, 3.63) is 16.1 Å². The second-order valence-corrected chi connectivity index (χ2v) is 6.87. The molecule has 0 aromatic carbocycles. The molecule has 1 aliphatic rings. The van der Waals surface area contributed by atoms with Gasteiger partial charge in [0.25, 0.3) is 0 Å². The molecule has 0 saturated heterocycles. The smallest absolute Gasteiger partial charge is 0.0897 e. The first-order valence-corrected chi connectivity index (χ1v) is 8.40. The fourth-order valence-corrected chi connectivity index (χ4v) is 3.68. The lowest BCUT2D eigenvalue weighted by atomic mass is 10.0. The summed E-state index contributed by atoms with van der Waals surface area (Å²) in [7, 11) is 2.23. The molecule has 19 heavy (non-hydrogen) atoms. The Morgan fingerprint density at radius 3 is 3.00 bits per heavy atom. The van der Waals surface area contributed by atoms with Crippen LogP contribution in [0.3, 0.4) is 0 Å². The standard InChI is InChI=1S/C15H27N3S/c1-4-8-16-15-7-5-6-13(15)9-18(3)10-14-11-19-12(2)17-14/h11,13,15-16H,4-10H2,1-3H3. The van der Waals surface area contributed by atoms with Gasteiger partial charge in [-0.2, -0.15) is 0 Å². The zero-order valence-corrected chi connectivity index (χ0v) is 13.3. The van der Waals surface area contributed by atoms with Crippen molar-refractivity contribution in [2.45, 2.75) is 52.1 Å². The van der Waals surface area contributed by atoms with Crippen molar-refractivity contribution < 1.29 is 0 Å². The zero-order valence-electron chi connectivity index (χ0n) is 12.5. The summed E-state index contributed by atoms with van der Waals surface area (Å²) in [5.74, 6) is 0.816. The molecule has 2 unspecified atom stereocenters. The predicted octanol–water partition coefficient (Wildman–Crippen LogP) is 3.05. The second kappa shape index (κ2) is 7.36. The van der Waals surface area contributed by atoms with E-state index in [2.05, 4.69) is 41.5 Å². The number of hydrogen-bond donors (Lipinski definition) is 1. The minimum Gasteiger partial charge on any atom is -0.314 e. The molecule has 1 saturated carbocycles. The topological polar surface area (TPSA) is 28.2 Å². The van der Waals surface area contributed by atoms with Crippen molar-refractivity contribution in [3.8, 4) is 0 Å². The van der Waals surface area contributed by atoms with Gasteiger partial charge in [0.2, 0.25) is 0 Å². The van der Waals surface area contributed by atoms with Gasteiger partial charge in [0.15, 0.2) is 0 Å². The average molecular weight is 281 g/mol. The maximum Gasteiger partial charge on any atom is 0.0897 e. The predicted molar refractivity (Wildman–Crippen MR) is 82.6 cm³/mol. The summed E-state index contributed by atoms with van der Waals surface area (Å²) in [5, 5.41) is 7.08. The number of hydrogen-bond acceptors (Lipinski definition) is 4. The summed E-state index contributed by atoms with van der Waals surface area (Å²) in [6, 6.07) is 0.736. The largest absolute Gasteiger partial charge is 0.314 e. The fraction of sp³-hybridized carbons (Fsp3) is 0.800. The Labute approximate surface area is 121 Å². The van der Waals surface area contributed by atoms with Crippen molar-refractivity contribution >= 4 is 11.3 Å². The Hall–Kier alpha value is -0.450. The maximum absolute atomic E-state index is 4.56. The quantitative estimate of drug-likeness (QED) is 0.832. The summed E-state index contributed by atoms with van der Waals surface area (Å²) in [6.45, 7) is 7.67. The number of rotatable bonds is 7. The average Bonchev–Trinajstić information content (AvgIpc) is 2.96. The normalized spacial score (nSPS) is 23.4. The molecule has 2 atom stereocenters. The van der Waals surface area contributed by atoms with Crippen LogP contribution in [0.4, 0.5) is 0 Å². The second-order valence-electron chi connectivity index (χ2n) is 5.81. The van der Waals surface area contributed by atoms with E-state index in [0.29, 0.717) is 0 Å². The monoisotopic (exact) mass is 281 g/mol. The van der Waals surface area contributed by atoms with Gasteiger partial charge in [-0.1, -0.05) is 13.3 Å². The van der Waals surface area contributed by atoms with Gasteiger partial charge in [0.1, 0.15) is 0 Å². The van der Waals surface area contributed by atoms with E-state index in [1.54, 1.807) is 11.3 Å². The van der Waals surface area contributed by atoms with E-state index in [0.717, 1.165) is 25.0 Å². The highest BCUT2D eigenvalue weighted by molar-refractivity contribution is 7.09. The molecule has 108 valence electrons. The first-order valence-electron chi connectivity index (χ1n) is 7.52. The molecule has 1 heterocycles. The highest BCUT2D eigenvalue weighted by Crippen LogP contribution is 2.26. The number of nitrogens with zero attached hydrogens (tertiary/aromatic N) is 2. The third kappa shape index (κ3) is 4.55. The fourth-order valence-electron chi connectivity index (χ4n) is 3.08. The van der Waals surface area contributed by atoms with Crippen LogP contribution in [0, 0.1) is 12.8 Å². The number of nitrogens with one attached hydrogen (secondary N) is 1. The Morgan fingerprint density at radius 2 is 2.32 bits per heavy atom. The first kappa shape index (κ1) is 14.9. The molecular formula is C15H27N3S. The zero-order chi connectivity index (χ0) is 13.7. The van der Waals surface area contributed by atoms with Crippen LogP contribution in [0.25, 0.3) is 0 Å².